The second kappa shape index (κ2) is 7.41. The average molecular weight is 365 g/mol. The monoisotopic (exact) mass is 364 g/mol. The molecule has 3 heterocycles. The number of carbonyl (C=O) groups excluding carboxylic acids is 2. The first-order valence-corrected chi connectivity index (χ1v) is 9.93. The summed E-state index contributed by atoms with van der Waals surface area (Å²) in [6.45, 7) is 10.2. The van der Waals surface area contributed by atoms with Gasteiger partial charge in [0.1, 0.15) is 0 Å². The van der Waals surface area contributed by atoms with Gasteiger partial charge in [0.05, 0.1) is 17.2 Å². The summed E-state index contributed by atoms with van der Waals surface area (Å²) >= 11 is 1.66. The molecule has 3 atom stereocenters. The van der Waals surface area contributed by atoms with E-state index < -0.39 is 0 Å². The van der Waals surface area contributed by atoms with E-state index in [2.05, 4.69) is 29.0 Å². The summed E-state index contributed by atoms with van der Waals surface area (Å²) in [7, 11) is 0. The van der Waals surface area contributed by atoms with Crippen molar-refractivity contribution in [1.29, 1.82) is 0 Å². The van der Waals surface area contributed by atoms with Crippen LogP contribution in [-0.4, -0.2) is 57.8 Å². The van der Waals surface area contributed by atoms with Gasteiger partial charge >= 0.3 is 0 Å². The number of piperazine rings is 1. The molecule has 1 aromatic rings. The van der Waals surface area contributed by atoms with Gasteiger partial charge in [-0.2, -0.15) is 0 Å². The minimum atomic E-state index is -0.0752. The van der Waals surface area contributed by atoms with Crippen molar-refractivity contribution in [1.82, 2.24) is 20.1 Å². The molecule has 2 aliphatic rings. The van der Waals surface area contributed by atoms with E-state index in [0.717, 1.165) is 31.6 Å². The predicted octanol–water partition coefficient (Wildman–Crippen LogP) is 1.79. The lowest BCUT2D eigenvalue weighted by atomic mass is 9.97. The summed E-state index contributed by atoms with van der Waals surface area (Å²) in [5.41, 5.74) is 2.94. The number of nitrogens with zero attached hydrogens (tertiary/aromatic N) is 3. The van der Waals surface area contributed by atoms with Gasteiger partial charge in [0, 0.05) is 43.5 Å². The van der Waals surface area contributed by atoms with Crippen molar-refractivity contribution < 1.29 is 9.59 Å². The fourth-order valence-corrected chi connectivity index (χ4v) is 4.83. The van der Waals surface area contributed by atoms with Crippen molar-refractivity contribution in [3.05, 3.63) is 16.1 Å². The molecule has 2 saturated heterocycles. The van der Waals surface area contributed by atoms with Gasteiger partial charge in [-0.15, -0.1) is 11.3 Å². The van der Waals surface area contributed by atoms with Crippen LogP contribution in [0.1, 0.15) is 44.2 Å². The van der Waals surface area contributed by atoms with Crippen LogP contribution < -0.4 is 5.32 Å². The lowest BCUT2D eigenvalue weighted by Crippen LogP contribution is -2.59. The molecule has 2 amide bonds. The summed E-state index contributed by atoms with van der Waals surface area (Å²) < 4.78 is 0. The second-order valence-electron chi connectivity index (χ2n) is 7.71. The third kappa shape index (κ3) is 4.03. The molecule has 7 heteroatoms. The molecule has 0 aliphatic carbocycles. The minimum absolute atomic E-state index is 0.0202. The lowest BCUT2D eigenvalue weighted by Gasteiger charge is -2.43. The number of fused-ring (bicyclic) bond motifs is 1. The molecule has 0 spiro atoms. The predicted molar refractivity (Wildman–Crippen MR) is 98.2 cm³/mol. The fraction of sp³-hybridized carbons (Fsp3) is 0.722. The van der Waals surface area contributed by atoms with E-state index in [9.17, 15) is 9.59 Å². The third-order valence-corrected chi connectivity index (χ3v) is 6.08. The van der Waals surface area contributed by atoms with Crippen molar-refractivity contribution in [3.63, 3.8) is 0 Å². The van der Waals surface area contributed by atoms with Gasteiger partial charge in [-0.05, 0) is 25.7 Å². The lowest BCUT2D eigenvalue weighted by molar-refractivity contribution is -0.145. The number of rotatable bonds is 5. The Kier molecular flexibility index (Phi) is 5.43. The highest BCUT2D eigenvalue weighted by atomic mass is 32.1. The molecule has 1 aromatic heterocycles. The van der Waals surface area contributed by atoms with Gasteiger partial charge in [-0.25, -0.2) is 4.98 Å². The first-order chi connectivity index (χ1) is 11.8. The largest absolute Gasteiger partial charge is 0.352 e. The molecule has 0 aromatic carbocycles. The molecule has 6 nitrogen and oxygen atoms in total. The smallest absolute Gasteiger partial charge is 0.240 e. The zero-order chi connectivity index (χ0) is 18.1. The van der Waals surface area contributed by atoms with Crippen LogP contribution in [0.15, 0.2) is 5.51 Å². The Hall–Kier alpha value is -1.47. The van der Waals surface area contributed by atoms with Gasteiger partial charge in [0.15, 0.2) is 0 Å². The molecule has 1 N–H and O–H groups in total. The number of aromatic nitrogens is 1. The molecule has 0 bridgehead atoms. The number of thiazole rings is 1. The van der Waals surface area contributed by atoms with Crippen molar-refractivity contribution in [3.8, 4) is 0 Å². The molecule has 138 valence electrons. The highest BCUT2D eigenvalue weighted by Gasteiger charge is 2.45. The molecule has 0 saturated carbocycles. The van der Waals surface area contributed by atoms with Gasteiger partial charge in [-0.1, -0.05) is 13.8 Å². The molecular formula is C18H28N4O2S. The third-order valence-electron chi connectivity index (χ3n) is 5.16. The van der Waals surface area contributed by atoms with Crippen LogP contribution in [-0.2, 0) is 16.1 Å². The average Bonchev–Trinajstić information content (AvgIpc) is 3.09. The summed E-state index contributed by atoms with van der Waals surface area (Å²) in [4.78, 5) is 34.5. The van der Waals surface area contributed by atoms with E-state index in [-0.39, 0.29) is 29.9 Å². The van der Waals surface area contributed by atoms with Gasteiger partial charge in [0.25, 0.3) is 0 Å². The Labute approximate surface area is 153 Å². The minimum Gasteiger partial charge on any atom is -0.352 e. The molecule has 25 heavy (non-hydrogen) atoms. The van der Waals surface area contributed by atoms with E-state index in [1.807, 2.05) is 17.3 Å². The highest BCUT2D eigenvalue weighted by molar-refractivity contribution is 7.09. The van der Waals surface area contributed by atoms with Crippen LogP contribution in [0.4, 0.5) is 0 Å². The number of hydrogen-bond acceptors (Lipinski definition) is 5. The normalized spacial score (nSPS) is 27.0. The maximum absolute atomic E-state index is 13.2. The van der Waals surface area contributed by atoms with Crippen LogP contribution in [0.2, 0.25) is 0 Å². The standard InChI is InChI=1S/C18H28N4O2S/c1-11(2)5-16-18(24)22-7-14(20-13(4)23)6-15(22)8-21(16)9-17-12(3)19-10-25-17/h10-11,14-16H,5-9H2,1-4H3,(H,20,23)/t14-,15-,16-/m0/s1. The van der Waals surface area contributed by atoms with Crippen molar-refractivity contribution in [2.24, 2.45) is 5.92 Å². The Morgan fingerprint density at radius 1 is 1.44 bits per heavy atom. The second-order valence-corrected chi connectivity index (χ2v) is 8.65. The zero-order valence-electron chi connectivity index (χ0n) is 15.5. The number of carbonyl (C=O) groups is 2. The van der Waals surface area contributed by atoms with Crippen LogP contribution in [0.3, 0.4) is 0 Å². The van der Waals surface area contributed by atoms with Crippen LogP contribution in [0.25, 0.3) is 0 Å². The van der Waals surface area contributed by atoms with Crippen molar-refractivity contribution >= 4 is 23.2 Å². The van der Waals surface area contributed by atoms with Crippen molar-refractivity contribution in [2.75, 3.05) is 13.1 Å². The highest BCUT2D eigenvalue weighted by Crippen LogP contribution is 2.30. The van der Waals surface area contributed by atoms with Gasteiger partial charge in [-0.3, -0.25) is 14.5 Å². The number of aryl methyl sites for hydroxylation is 1. The molecule has 0 radical (unpaired) electrons. The number of nitrogens with one attached hydrogen (secondary N) is 1. The van der Waals surface area contributed by atoms with Crippen molar-refractivity contribution in [2.45, 2.75) is 65.2 Å². The summed E-state index contributed by atoms with van der Waals surface area (Å²) in [5, 5.41) is 2.98. The maximum Gasteiger partial charge on any atom is 0.240 e. The van der Waals surface area contributed by atoms with E-state index in [0.29, 0.717) is 12.5 Å². The van der Waals surface area contributed by atoms with E-state index >= 15 is 0 Å². The van der Waals surface area contributed by atoms with E-state index in [1.165, 1.54) is 4.88 Å². The van der Waals surface area contributed by atoms with Crippen LogP contribution >= 0.6 is 11.3 Å². The Balaban J connectivity index is 1.78. The molecular weight excluding hydrogens is 336 g/mol. The zero-order valence-corrected chi connectivity index (χ0v) is 16.3. The van der Waals surface area contributed by atoms with Gasteiger partial charge in [0.2, 0.25) is 11.8 Å². The number of hydrogen-bond donors (Lipinski definition) is 1. The Bertz CT molecular complexity index is 645. The summed E-state index contributed by atoms with van der Waals surface area (Å²) in [5.74, 6) is 0.664. The van der Waals surface area contributed by atoms with Crippen LogP contribution in [0.5, 0.6) is 0 Å². The Morgan fingerprint density at radius 2 is 2.20 bits per heavy atom. The molecule has 2 fully saturated rings. The fourth-order valence-electron chi connectivity index (χ4n) is 4.03. The topological polar surface area (TPSA) is 65.5 Å². The van der Waals surface area contributed by atoms with E-state index in [4.69, 9.17) is 0 Å². The first-order valence-electron chi connectivity index (χ1n) is 9.05. The van der Waals surface area contributed by atoms with Gasteiger partial charge < -0.3 is 10.2 Å². The number of amides is 2. The molecule has 0 unspecified atom stereocenters. The summed E-state index contributed by atoms with van der Waals surface area (Å²) in [6, 6.07) is 0.200. The summed E-state index contributed by atoms with van der Waals surface area (Å²) in [6.07, 6.45) is 1.71. The quantitative estimate of drug-likeness (QED) is 0.865. The molecule has 2 aliphatic heterocycles. The maximum atomic E-state index is 13.2. The molecule has 3 rings (SSSR count). The SMILES string of the molecule is CC(=O)N[C@H]1C[C@H]2CN(Cc3scnc3C)[C@@H](CC(C)C)C(=O)N2C1. The van der Waals surface area contributed by atoms with E-state index in [1.54, 1.807) is 18.3 Å². The first kappa shape index (κ1) is 18.3. The Morgan fingerprint density at radius 3 is 2.80 bits per heavy atom. The van der Waals surface area contributed by atoms with Crippen LogP contribution in [0, 0.1) is 12.8 Å².